The molecule has 0 aliphatic rings. The number of carbonyl (C=O) groups is 2. The molecule has 0 radical (unpaired) electrons. The van der Waals surface area contributed by atoms with Gasteiger partial charge in [0.05, 0.1) is 12.3 Å². The van der Waals surface area contributed by atoms with Gasteiger partial charge in [-0.3, -0.25) is 15.0 Å². The van der Waals surface area contributed by atoms with E-state index in [1.807, 2.05) is 12.1 Å². The first-order valence-electron chi connectivity index (χ1n) is 15.5. The summed E-state index contributed by atoms with van der Waals surface area (Å²) in [5.41, 5.74) is 10.4. The zero-order valence-corrected chi connectivity index (χ0v) is 27.1. The number of aromatic nitrogens is 1. The fourth-order valence-corrected chi connectivity index (χ4v) is 5.76. The number of ether oxygens (including phenoxy) is 1. The predicted octanol–water partition coefficient (Wildman–Crippen LogP) is 7.69. The number of hydrogen-bond donors (Lipinski definition) is 3. The summed E-state index contributed by atoms with van der Waals surface area (Å²) >= 11 is 0. The average molecular weight is 601 g/mol. The lowest BCUT2D eigenvalue weighted by atomic mass is 9.83. The minimum Gasteiger partial charge on any atom is -0.508 e. The number of aryl methyl sites for hydroxylation is 2. The Balaban J connectivity index is 2.08. The molecule has 1 aromatic heterocycles. The Morgan fingerprint density at radius 1 is 1.11 bits per heavy atom. The third kappa shape index (κ3) is 8.68. The van der Waals surface area contributed by atoms with Crippen molar-refractivity contribution in [3.8, 4) is 16.9 Å². The van der Waals surface area contributed by atoms with Gasteiger partial charge >= 0.3 is 0 Å². The molecule has 0 saturated carbocycles. The van der Waals surface area contributed by atoms with E-state index in [0.717, 1.165) is 88.6 Å². The molecule has 0 aliphatic carbocycles. The lowest BCUT2D eigenvalue weighted by Crippen LogP contribution is -2.23. The molecular formula is C36H48N4O4. The molecular weight excluding hydrogens is 552 g/mol. The normalized spacial score (nSPS) is 12.5. The summed E-state index contributed by atoms with van der Waals surface area (Å²) in [6.45, 7) is 14.3. The second-order valence-electron chi connectivity index (χ2n) is 12.5. The molecule has 3 N–H and O–H groups in total. The largest absolute Gasteiger partial charge is 0.508 e. The highest BCUT2D eigenvalue weighted by Crippen LogP contribution is 2.39. The van der Waals surface area contributed by atoms with Crippen LogP contribution in [0.3, 0.4) is 0 Å². The van der Waals surface area contributed by atoms with Crippen LogP contribution in [0.2, 0.25) is 0 Å². The van der Waals surface area contributed by atoms with Crippen LogP contribution in [0.5, 0.6) is 5.75 Å². The van der Waals surface area contributed by atoms with Crippen LogP contribution >= 0.6 is 0 Å². The first-order valence-corrected chi connectivity index (χ1v) is 15.5. The third-order valence-corrected chi connectivity index (χ3v) is 8.20. The van der Waals surface area contributed by atoms with Crippen molar-refractivity contribution in [1.82, 2.24) is 9.99 Å². The number of fused-ring (bicyclic) bond motifs is 1. The van der Waals surface area contributed by atoms with E-state index in [1.54, 1.807) is 6.21 Å². The molecule has 3 rings (SSSR count). The van der Waals surface area contributed by atoms with Gasteiger partial charge < -0.3 is 19.8 Å². The molecule has 8 nitrogen and oxygen atoms in total. The smallest absolute Gasteiger partial charge is 0.293 e. The average Bonchev–Trinajstić information content (AvgIpc) is 3.28. The number of rotatable bonds is 18. The molecule has 0 unspecified atom stereocenters. The van der Waals surface area contributed by atoms with Crippen LogP contribution in [0, 0.1) is 16.7 Å². The van der Waals surface area contributed by atoms with E-state index >= 15 is 0 Å². The van der Waals surface area contributed by atoms with Gasteiger partial charge in [-0.15, -0.1) is 0 Å². The molecule has 3 aromatic rings. The summed E-state index contributed by atoms with van der Waals surface area (Å²) in [6.07, 6.45) is 9.03. The third-order valence-electron chi connectivity index (χ3n) is 8.20. The first-order chi connectivity index (χ1) is 21.1. The molecule has 44 heavy (non-hydrogen) atoms. The predicted molar refractivity (Wildman–Crippen MR) is 180 cm³/mol. The van der Waals surface area contributed by atoms with E-state index in [2.05, 4.69) is 80.9 Å². The maximum Gasteiger partial charge on any atom is 0.293 e. The number of unbranched alkanes of at least 4 members (excludes halogenated alkanes) is 3. The number of phenols is 1. The van der Waals surface area contributed by atoms with Crippen molar-refractivity contribution < 1.29 is 19.4 Å². The summed E-state index contributed by atoms with van der Waals surface area (Å²) in [5.74, 6) is 0.522. The molecule has 2 aromatic carbocycles. The maximum atomic E-state index is 11.1. The van der Waals surface area contributed by atoms with Crippen molar-refractivity contribution in [1.29, 1.82) is 5.41 Å². The van der Waals surface area contributed by atoms with Gasteiger partial charge in [-0.1, -0.05) is 51.8 Å². The van der Waals surface area contributed by atoms with E-state index in [0.29, 0.717) is 25.9 Å². The molecule has 0 spiro atoms. The van der Waals surface area contributed by atoms with Crippen LogP contribution in [-0.2, 0) is 33.7 Å². The van der Waals surface area contributed by atoms with Crippen molar-refractivity contribution in [2.24, 2.45) is 16.4 Å². The Hall–Kier alpha value is -4.20. The highest BCUT2D eigenvalue weighted by molar-refractivity contribution is 6.12. The number of amides is 1. The van der Waals surface area contributed by atoms with Crippen LogP contribution in [0.25, 0.3) is 27.6 Å². The molecule has 0 atom stereocenters. The van der Waals surface area contributed by atoms with Crippen molar-refractivity contribution in [2.75, 3.05) is 6.61 Å². The number of hydrazone groups is 1. The molecule has 236 valence electrons. The second-order valence-corrected chi connectivity index (χ2v) is 12.5. The summed E-state index contributed by atoms with van der Waals surface area (Å²) in [4.78, 5) is 21.3. The first kappa shape index (κ1) is 34.3. The van der Waals surface area contributed by atoms with Gasteiger partial charge in [0.1, 0.15) is 5.75 Å². The summed E-state index contributed by atoms with van der Waals surface area (Å²) in [7, 11) is 0. The number of aromatic hydroxyl groups is 1. The molecule has 0 bridgehead atoms. The molecule has 0 saturated heterocycles. The Kier molecular flexibility index (Phi) is 12.5. The van der Waals surface area contributed by atoms with Gasteiger partial charge in [0.15, 0.2) is 0 Å². The Morgan fingerprint density at radius 3 is 2.55 bits per heavy atom. The minimum absolute atomic E-state index is 0.241. The highest BCUT2D eigenvalue weighted by atomic mass is 16.5. The zero-order chi connectivity index (χ0) is 32.3. The van der Waals surface area contributed by atoms with Gasteiger partial charge in [0, 0.05) is 40.9 Å². The molecule has 0 fully saturated rings. The van der Waals surface area contributed by atoms with Gasteiger partial charge in [-0.2, -0.15) is 5.10 Å². The molecule has 8 heteroatoms. The number of benzene rings is 2. The Bertz CT molecular complexity index is 1510. The molecule has 0 aliphatic heterocycles. The lowest BCUT2D eigenvalue weighted by Gasteiger charge is -2.25. The maximum absolute atomic E-state index is 11.1. The van der Waals surface area contributed by atoms with Gasteiger partial charge in [-0.05, 0) is 98.4 Å². The van der Waals surface area contributed by atoms with Crippen molar-refractivity contribution in [3.05, 3.63) is 58.8 Å². The van der Waals surface area contributed by atoms with E-state index in [4.69, 9.17) is 10.1 Å². The Labute approximate surface area is 261 Å². The van der Waals surface area contributed by atoms with Crippen LogP contribution in [0.1, 0.15) is 84.0 Å². The number of hydrogen-bond acceptors (Lipinski definition) is 6. The lowest BCUT2D eigenvalue weighted by molar-refractivity contribution is -0.131. The number of nitrogens with one attached hydrogen (secondary N) is 2. The van der Waals surface area contributed by atoms with Gasteiger partial charge in [0.25, 0.3) is 6.47 Å². The fraction of sp³-hybridized carbons (Fsp3) is 0.444. The van der Waals surface area contributed by atoms with Crippen molar-refractivity contribution in [3.63, 3.8) is 0 Å². The molecule has 1 amide bonds. The topological polar surface area (TPSA) is 117 Å². The highest BCUT2D eigenvalue weighted by Gasteiger charge is 2.28. The summed E-state index contributed by atoms with van der Waals surface area (Å²) < 4.78 is 7.52. The van der Waals surface area contributed by atoms with Gasteiger partial charge in [-0.25, -0.2) is 0 Å². The number of phenolic OH excluding ortho intramolecular Hbond substituents is 1. The number of allylic oxidation sites excluding steroid dienone is 2. The van der Waals surface area contributed by atoms with Crippen molar-refractivity contribution >= 4 is 41.8 Å². The van der Waals surface area contributed by atoms with E-state index in [-0.39, 0.29) is 17.1 Å². The monoisotopic (exact) mass is 600 g/mol. The number of carbonyl (C=O) groups excluding carboxylic acids is 2. The minimum atomic E-state index is -0.327. The van der Waals surface area contributed by atoms with E-state index in [1.165, 1.54) is 6.21 Å². The Morgan fingerprint density at radius 2 is 1.89 bits per heavy atom. The van der Waals surface area contributed by atoms with Crippen LogP contribution in [-0.4, -0.2) is 41.6 Å². The van der Waals surface area contributed by atoms with Gasteiger partial charge in [0.2, 0.25) is 6.41 Å². The number of nitrogens with zero attached hydrogens (tertiary/aromatic N) is 2. The molecule has 1 heterocycles. The van der Waals surface area contributed by atoms with Crippen LogP contribution < -0.4 is 5.43 Å². The summed E-state index contributed by atoms with van der Waals surface area (Å²) in [6, 6.07) is 12.3. The quantitative estimate of drug-likeness (QED) is 0.0600. The SMILES string of the molecule is CCn1c(/C(C=N)=C(/C)C(C)C)c(CC(C)(C)COC=O)c2cc(-c3cc(O)cc(CCCCC/C=N\NC=O)c3)ccc21. The fourth-order valence-electron chi connectivity index (χ4n) is 5.76. The zero-order valence-electron chi connectivity index (χ0n) is 27.1. The van der Waals surface area contributed by atoms with Crippen LogP contribution in [0.4, 0.5) is 0 Å². The van der Waals surface area contributed by atoms with Crippen LogP contribution in [0.15, 0.2) is 47.1 Å². The second kappa shape index (κ2) is 16.0. The van der Waals surface area contributed by atoms with E-state index in [9.17, 15) is 14.7 Å². The van der Waals surface area contributed by atoms with Crippen molar-refractivity contribution in [2.45, 2.75) is 86.6 Å². The standard InChI is InChI=1S/C36H48N4O4/c1-7-40-34-14-13-28(29-16-27(17-30(43)18-29)12-10-8-9-11-15-38-39-23-41)19-31(34)32(20-36(5,6)22-44-24-42)35(40)33(21-37)26(4)25(2)3/h13-19,21,23-25,37,43H,7-12,20,22H2,1-6H3,(H,39,41)/b33-26-,37-21?,38-15-. The van der Waals surface area contributed by atoms with E-state index < -0.39 is 0 Å². The summed E-state index contributed by atoms with van der Waals surface area (Å²) in [5, 5.41) is 24.0.